The van der Waals surface area contributed by atoms with E-state index in [2.05, 4.69) is 16.3 Å². The van der Waals surface area contributed by atoms with E-state index in [4.69, 9.17) is 12.2 Å². The van der Waals surface area contributed by atoms with Crippen LogP contribution in [-0.4, -0.2) is 14.8 Å². The highest BCUT2D eigenvalue weighted by Gasteiger charge is 1.96. The predicted molar refractivity (Wildman–Crippen MR) is 53.5 cm³/mol. The Morgan fingerprint density at radius 2 is 2.31 bits per heavy atom. The molecule has 0 atom stereocenters. The van der Waals surface area contributed by atoms with Gasteiger partial charge in [-0.2, -0.15) is 5.10 Å². The number of aryl methyl sites for hydroxylation is 1. The highest BCUT2D eigenvalue weighted by Crippen LogP contribution is 2.09. The molecule has 66 valence electrons. The van der Waals surface area contributed by atoms with Crippen molar-refractivity contribution in [3.63, 3.8) is 0 Å². The molecule has 1 N–H and O–H groups in total. The third-order valence-electron chi connectivity index (χ3n) is 1.83. The average Bonchev–Trinajstić information content (AvgIpc) is 2.51. The normalized spacial score (nSPS) is 10.2. The Hall–Kier alpha value is -1.42. The number of nitrogens with one attached hydrogen (secondary N) is 1. The molecule has 2 rings (SSSR count). The number of hydrogen-bond acceptors (Lipinski definition) is 2. The summed E-state index contributed by atoms with van der Waals surface area (Å²) in [4.78, 5) is 0. The summed E-state index contributed by atoms with van der Waals surface area (Å²) in [5.41, 5.74) is 2.25. The number of aromatic nitrogens is 3. The lowest BCUT2D eigenvalue weighted by Crippen LogP contribution is -1.91. The highest BCUT2D eigenvalue weighted by atomic mass is 32.1. The smallest absolute Gasteiger partial charge is 0.199 e. The first-order valence-corrected chi connectivity index (χ1v) is 4.37. The van der Waals surface area contributed by atoms with E-state index in [-0.39, 0.29) is 0 Å². The van der Waals surface area contributed by atoms with Crippen LogP contribution in [0.1, 0.15) is 5.56 Å². The van der Waals surface area contributed by atoms with Gasteiger partial charge in [-0.1, -0.05) is 12.1 Å². The summed E-state index contributed by atoms with van der Waals surface area (Å²) in [7, 11) is 0. The Balaban J connectivity index is 2.59. The summed E-state index contributed by atoms with van der Waals surface area (Å²) < 4.78 is 2.45. The fraction of sp³-hybridized carbons (Fsp3) is 0.111. The Bertz CT molecular complexity index is 469. The summed E-state index contributed by atoms with van der Waals surface area (Å²) in [6.07, 6.45) is 1.68. The summed E-state index contributed by atoms with van der Waals surface area (Å²) >= 11 is 5.06. The van der Waals surface area contributed by atoms with E-state index < -0.39 is 0 Å². The minimum Gasteiger partial charge on any atom is -0.275 e. The topological polar surface area (TPSA) is 33.6 Å². The van der Waals surface area contributed by atoms with E-state index >= 15 is 0 Å². The molecular formula is C9H9N3S. The molecular weight excluding hydrogens is 182 g/mol. The molecule has 0 amide bonds. The minimum atomic E-state index is 0.616. The second kappa shape index (κ2) is 3.14. The SMILES string of the molecule is Cc1cccc(-n2cn[nH]c2=S)c1. The molecule has 0 bridgehead atoms. The number of hydrogen-bond donors (Lipinski definition) is 1. The van der Waals surface area contributed by atoms with Gasteiger partial charge in [-0.25, -0.2) is 0 Å². The zero-order valence-electron chi connectivity index (χ0n) is 7.19. The minimum absolute atomic E-state index is 0.616. The molecule has 1 heterocycles. The molecule has 13 heavy (non-hydrogen) atoms. The second-order valence-corrected chi connectivity index (χ2v) is 3.26. The third-order valence-corrected chi connectivity index (χ3v) is 2.12. The van der Waals surface area contributed by atoms with Crippen molar-refractivity contribution in [1.82, 2.24) is 14.8 Å². The number of nitrogens with zero attached hydrogens (tertiary/aromatic N) is 2. The third kappa shape index (κ3) is 1.53. The maximum Gasteiger partial charge on any atom is 0.199 e. The van der Waals surface area contributed by atoms with Crippen LogP contribution in [0.5, 0.6) is 0 Å². The molecule has 0 aliphatic carbocycles. The number of benzene rings is 1. The summed E-state index contributed by atoms with van der Waals surface area (Å²) in [5, 5.41) is 6.58. The molecule has 0 aliphatic rings. The molecule has 0 fully saturated rings. The highest BCUT2D eigenvalue weighted by molar-refractivity contribution is 7.71. The number of rotatable bonds is 1. The zero-order chi connectivity index (χ0) is 9.26. The van der Waals surface area contributed by atoms with Crippen molar-refractivity contribution in [2.24, 2.45) is 0 Å². The van der Waals surface area contributed by atoms with Crippen molar-refractivity contribution < 1.29 is 0 Å². The van der Waals surface area contributed by atoms with Gasteiger partial charge in [-0.15, -0.1) is 0 Å². The van der Waals surface area contributed by atoms with Crippen LogP contribution in [0.15, 0.2) is 30.6 Å². The quantitative estimate of drug-likeness (QED) is 0.701. The van der Waals surface area contributed by atoms with Gasteiger partial charge in [0.15, 0.2) is 4.77 Å². The van der Waals surface area contributed by atoms with Crippen molar-refractivity contribution in [3.8, 4) is 5.69 Å². The molecule has 0 unspecified atom stereocenters. The molecule has 3 nitrogen and oxygen atoms in total. The molecule has 0 radical (unpaired) electrons. The monoisotopic (exact) mass is 191 g/mol. The first-order valence-electron chi connectivity index (χ1n) is 3.96. The van der Waals surface area contributed by atoms with Crippen molar-refractivity contribution in [2.75, 3.05) is 0 Å². The number of aromatic amines is 1. The van der Waals surface area contributed by atoms with E-state index in [0.717, 1.165) is 5.69 Å². The molecule has 0 saturated heterocycles. The maximum atomic E-state index is 5.06. The first-order chi connectivity index (χ1) is 6.27. The number of H-pyrrole nitrogens is 1. The van der Waals surface area contributed by atoms with E-state index in [9.17, 15) is 0 Å². The standard InChI is InChI=1S/C9H9N3S/c1-7-3-2-4-8(5-7)12-6-10-11-9(12)13/h2-6H,1H3,(H,11,13). The van der Waals surface area contributed by atoms with Crippen LogP contribution in [-0.2, 0) is 0 Å². The first kappa shape index (κ1) is 8.19. The average molecular weight is 191 g/mol. The molecule has 0 aliphatic heterocycles. The lowest BCUT2D eigenvalue weighted by Gasteiger charge is -2.01. The molecule has 1 aromatic carbocycles. The summed E-state index contributed by atoms with van der Waals surface area (Å²) in [5.74, 6) is 0. The molecule has 4 heteroatoms. The van der Waals surface area contributed by atoms with E-state index in [1.54, 1.807) is 6.33 Å². The zero-order valence-corrected chi connectivity index (χ0v) is 8.01. The van der Waals surface area contributed by atoms with E-state index in [1.165, 1.54) is 5.56 Å². The Morgan fingerprint density at radius 3 is 2.92 bits per heavy atom. The van der Waals surface area contributed by atoms with Crippen LogP contribution < -0.4 is 0 Å². The van der Waals surface area contributed by atoms with Gasteiger partial charge in [0.05, 0.1) is 0 Å². The fourth-order valence-electron chi connectivity index (χ4n) is 1.21. The van der Waals surface area contributed by atoms with Gasteiger partial charge < -0.3 is 0 Å². The van der Waals surface area contributed by atoms with Crippen LogP contribution in [0.3, 0.4) is 0 Å². The van der Waals surface area contributed by atoms with Gasteiger partial charge in [0.2, 0.25) is 0 Å². The van der Waals surface area contributed by atoms with Crippen LogP contribution in [0, 0.1) is 11.7 Å². The molecule has 2 aromatic rings. The van der Waals surface area contributed by atoms with Crippen LogP contribution in [0.4, 0.5) is 0 Å². The molecule has 1 aromatic heterocycles. The largest absolute Gasteiger partial charge is 0.275 e. The van der Waals surface area contributed by atoms with Crippen molar-refractivity contribution in [3.05, 3.63) is 40.9 Å². The molecule has 0 saturated carbocycles. The summed E-state index contributed by atoms with van der Waals surface area (Å²) in [6, 6.07) is 8.11. The van der Waals surface area contributed by atoms with Crippen LogP contribution in [0.25, 0.3) is 5.69 Å². The Kier molecular flexibility index (Phi) is 1.98. The Labute approximate surface area is 81.0 Å². The predicted octanol–water partition coefficient (Wildman–Crippen LogP) is 2.24. The summed E-state index contributed by atoms with van der Waals surface area (Å²) in [6.45, 7) is 2.05. The lowest BCUT2D eigenvalue weighted by atomic mass is 10.2. The lowest BCUT2D eigenvalue weighted by molar-refractivity contribution is 1.03. The van der Waals surface area contributed by atoms with Crippen molar-refractivity contribution in [1.29, 1.82) is 0 Å². The van der Waals surface area contributed by atoms with Gasteiger partial charge in [-0.3, -0.25) is 9.67 Å². The van der Waals surface area contributed by atoms with Gasteiger partial charge >= 0.3 is 0 Å². The van der Waals surface area contributed by atoms with Crippen molar-refractivity contribution >= 4 is 12.2 Å². The van der Waals surface area contributed by atoms with E-state index in [0.29, 0.717) is 4.77 Å². The Morgan fingerprint density at radius 1 is 1.46 bits per heavy atom. The second-order valence-electron chi connectivity index (χ2n) is 2.87. The van der Waals surface area contributed by atoms with Crippen LogP contribution in [0.2, 0.25) is 0 Å². The molecule has 0 spiro atoms. The van der Waals surface area contributed by atoms with Gasteiger partial charge in [-0.05, 0) is 36.8 Å². The van der Waals surface area contributed by atoms with Crippen molar-refractivity contribution in [2.45, 2.75) is 6.92 Å². The van der Waals surface area contributed by atoms with E-state index in [1.807, 2.05) is 29.7 Å². The maximum absolute atomic E-state index is 5.06. The van der Waals surface area contributed by atoms with Gasteiger partial charge in [0.1, 0.15) is 6.33 Å². The fourth-order valence-corrected chi connectivity index (χ4v) is 1.42. The van der Waals surface area contributed by atoms with Gasteiger partial charge in [0.25, 0.3) is 0 Å². The van der Waals surface area contributed by atoms with Crippen LogP contribution >= 0.6 is 12.2 Å². The van der Waals surface area contributed by atoms with Gasteiger partial charge in [0, 0.05) is 5.69 Å².